The van der Waals surface area contributed by atoms with Crippen LogP contribution >= 0.6 is 0 Å². The number of aromatic nitrogens is 7. The highest BCUT2D eigenvalue weighted by Gasteiger charge is 2.18. The lowest BCUT2D eigenvalue weighted by atomic mass is 10.2. The van der Waals surface area contributed by atoms with E-state index in [0.717, 1.165) is 16.9 Å². The predicted octanol–water partition coefficient (Wildman–Crippen LogP) is 2.45. The zero-order valence-electron chi connectivity index (χ0n) is 15.4. The van der Waals surface area contributed by atoms with E-state index >= 15 is 0 Å². The molecule has 5 heterocycles. The molecule has 0 unspecified atom stereocenters. The Balaban J connectivity index is 1.64. The lowest BCUT2D eigenvalue weighted by molar-refractivity contribution is 0.577. The molecule has 0 aliphatic heterocycles. The smallest absolute Gasteiger partial charge is 0.260 e. The molecule has 0 N–H and O–H groups in total. The zero-order valence-corrected chi connectivity index (χ0v) is 15.4. The highest BCUT2D eigenvalue weighted by atomic mass is 16.1. The summed E-state index contributed by atoms with van der Waals surface area (Å²) in [4.78, 5) is 21.6. The molecule has 8 heteroatoms. The minimum atomic E-state index is -0.300. The first-order valence-corrected chi connectivity index (χ1v) is 8.91. The molecule has 0 fully saturated rings. The number of imidazole rings is 1. The molecule has 0 radical (unpaired) electrons. The number of hydrogen-bond donors (Lipinski definition) is 0. The third kappa shape index (κ3) is 2.50. The molecule has 0 aliphatic rings. The van der Waals surface area contributed by atoms with Crippen molar-refractivity contribution in [1.82, 2.24) is 33.7 Å². The monoisotopic (exact) mass is 371 g/mol. The van der Waals surface area contributed by atoms with E-state index in [4.69, 9.17) is 0 Å². The Hall–Kier alpha value is -3.81. The van der Waals surface area contributed by atoms with Crippen molar-refractivity contribution in [2.45, 2.75) is 13.0 Å². The largest absolute Gasteiger partial charge is 0.340 e. The Morgan fingerprint density at radius 3 is 2.75 bits per heavy atom. The van der Waals surface area contributed by atoms with Gasteiger partial charge in [0.15, 0.2) is 11.5 Å². The normalized spacial score (nSPS) is 12.6. The van der Waals surface area contributed by atoms with Crippen molar-refractivity contribution in [2.75, 3.05) is 0 Å². The van der Waals surface area contributed by atoms with Crippen molar-refractivity contribution < 1.29 is 0 Å². The standard InChI is InChI=1S/C20H17N7O/c1-13(26-9-7-16-15(20(26)28)4-3-8-21-16)19-24-23-18-6-5-14(10-27(18)19)17-11-25(2)12-22-17/h3-13H,1-2H3/t13-/m1/s1. The van der Waals surface area contributed by atoms with Crippen LogP contribution in [0.4, 0.5) is 0 Å². The number of rotatable bonds is 3. The van der Waals surface area contributed by atoms with Gasteiger partial charge in [-0.3, -0.25) is 14.2 Å². The Bertz CT molecular complexity index is 1380. The van der Waals surface area contributed by atoms with Gasteiger partial charge in [-0.1, -0.05) is 0 Å². The van der Waals surface area contributed by atoms with E-state index in [0.29, 0.717) is 16.7 Å². The third-order valence-corrected chi connectivity index (χ3v) is 4.92. The zero-order chi connectivity index (χ0) is 19.3. The molecule has 0 aliphatic carbocycles. The van der Waals surface area contributed by atoms with Gasteiger partial charge in [0.1, 0.15) is 0 Å². The second-order valence-electron chi connectivity index (χ2n) is 6.77. The highest BCUT2D eigenvalue weighted by molar-refractivity contribution is 5.76. The van der Waals surface area contributed by atoms with Crippen LogP contribution in [0.25, 0.3) is 27.8 Å². The van der Waals surface area contributed by atoms with Crippen LogP contribution in [0, 0.1) is 0 Å². The van der Waals surface area contributed by atoms with Crippen molar-refractivity contribution in [2.24, 2.45) is 7.05 Å². The van der Waals surface area contributed by atoms with Gasteiger partial charge in [0.2, 0.25) is 0 Å². The summed E-state index contributed by atoms with van der Waals surface area (Å²) in [6, 6.07) is 8.97. The summed E-state index contributed by atoms with van der Waals surface area (Å²) in [5.74, 6) is 0.679. The van der Waals surface area contributed by atoms with Gasteiger partial charge in [-0.2, -0.15) is 0 Å². The second kappa shape index (κ2) is 6.12. The molecule has 5 aromatic rings. The van der Waals surface area contributed by atoms with Crippen molar-refractivity contribution in [1.29, 1.82) is 0 Å². The summed E-state index contributed by atoms with van der Waals surface area (Å²) in [6.07, 6.45) is 9.11. The molecule has 0 aromatic carbocycles. The maximum absolute atomic E-state index is 12.9. The summed E-state index contributed by atoms with van der Waals surface area (Å²) in [7, 11) is 1.93. The molecule has 1 atom stereocenters. The topological polar surface area (TPSA) is 82.9 Å². The van der Waals surface area contributed by atoms with E-state index < -0.39 is 0 Å². The van der Waals surface area contributed by atoms with Crippen LogP contribution in [-0.2, 0) is 7.05 Å². The minimum absolute atomic E-state index is 0.101. The van der Waals surface area contributed by atoms with Crippen LogP contribution in [0.3, 0.4) is 0 Å². The van der Waals surface area contributed by atoms with Crippen molar-refractivity contribution in [3.05, 3.63) is 77.6 Å². The van der Waals surface area contributed by atoms with Crippen LogP contribution in [0.1, 0.15) is 18.8 Å². The van der Waals surface area contributed by atoms with E-state index in [9.17, 15) is 4.79 Å². The fourth-order valence-electron chi connectivity index (χ4n) is 3.43. The van der Waals surface area contributed by atoms with Crippen LogP contribution < -0.4 is 5.56 Å². The molecule has 0 saturated carbocycles. The van der Waals surface area contributed by atoms with Crippen molar-refractivity contribution in [3.8, 4) is 11.3 Å². The highest BCUT2D eigenvalue weighted by Crippen LogP contribution is 2.21. The molecule has 8 nitrogen and oxygen atoms in total. The SMILES string of the molecule is C[C@H](c1nnc2ccc(-c3cn(C)cn3)cn12)n1ccc2ncccc2c1=O. The van der Waals surface area contributed by atoms with Gasteiger partial charge in [0, 0.05) is 37.4 Å². The number of fused-ring (bicyclic) bond motifs is 2. The summed E-state index contributed by atoms with van der Waals surface area (Å²) < 4.78 is 5.47. The van der Waals surface area contributed by atoms with Gasteiger partial charge >= 0.3 is 0 Å². The first-order valence-electron chi connectivity index (χ1n) is 8.91. The number of nitrogens with zero attached hydrogens (tertiary/aromatic N) is 7. The molecular formula is C20H17N7O. The summed E-state index contributed by atoms with van der Waals surface area (Å²) in [5, 5.41) is 9.18. The molecule has 28 heavy (non-hydrogen) atoms. The van der Waals surface area contributed by atoms with E-state index in [-0.39, 0.29) is 11.6 Å². The summed E-state index contributed by atoms with van der Waals surface area (Å²) in [6.45, 7) is 1.94. The lowest BCUT2D eigenvalue weighted by Crippen LogP contribution is -2.25. The minimum Gasteiger partial charge on any atom is -0.340 e. The van der Waals surface area contributed by atoms with Crippen molar-refractivity contribution in [3.63, 3.8) is 0 Å². The van der Waals surface area contributed by atoms with Gasteiger partial charge in [0.25, 0.3) is 5.56 Å². The first-order chi connectivity index (χ1) is 13.6. The molecule has 0 amide bonds. The Morgan fingerprint density at radius 1 is 1.04 bits per heavy atom. The Labute approximate surface area is 159 Å². The first kappa shape index (κ1) is 16.4. The Morgan fingerprint density at radius 2 is 1.93 bits per heavy atom. The number of hydrogen-bond acceptors (Lipinski definition) is 5. The fraction of sp³-hybridized carbons (Fsp3) is 0.150. The summed E-state index contributed by atoms with van der Waals surface area (Å²) in [5.41, 5.74) is 3.12. The number of pyridine rings is 3. The lowest BCUT2D eigenvalue weighted by Gasteiger charge is -2.14. The molecule has 5 rings (SSSR count). The van der Waals surface area contributed by atoms with Crippen LogP contribution in [-0.4, -0.2) is 33.7 Å². The van der Waals surface area contributed by atoms with Gasteiger partial charge < -0.3 is 9.13 Å². The third-order valence-electron chi connectivity index (χ3n) is 4.92. The Kier molecular flexibility index (Phi) is 3.58. The van der Waals surface area contributed by atoms with E-state index in [1.54, 1.807) is 35.4 Å². The molecule has 5 aromatic heterocycles. The van der Waals surface area contributed by atoms with Gasteiger partial charge in [0.05, 0.1) is 29.0 Å². The second-order valence-corrected chi connectivity index (χ2v) is 6.77. The average Bonchev–Trinajstić information content (AvgIpc) is 3.33. The molecule has 0 spiro atoms. The van der Waals surface area contributed by atoms with Gasteiger partial charge in [-0.25, -0.2) is 4.98 Å². The predicted molar refractivity (Wildman–Crippen MR) is 105 cm³/mol. The van der Waals surface area contributed by atoms with Crippen LogP contribution in [0.15, 0.2) is 66.2 Å². The van der Waals surface area contributed by atoms with Gasteiger partial charge in [-0.15, -0.1) is 10.2 Å². The quantitative estimate of drug-likeness (QED) is 0.486. The van der Waals surface area contributed by atoms with E-state index in [2.05, 4.69) is 20.2 Å². The fourth-order valence-corrected chi connectivity index (χ4v) is 3.43. The maximum Gasteiger partial charge on any atom is 0.260 e. The summed E-state index contributed by atoms with van der Waals surface area (Å²) >= 11 is 0. The molecule has 138 valence electrons. The van der Waals surface area contributed by atoms with E-state index in [1.165, 1.54) is 0 Å². The van der Waals surface area contributed by atoms with Crippen LogP contribution in [0.2, 0.25) is 0 Å². The molecule has 0 saturated heterocycles. The van der Waals surface area contributed by atoms with Crippen LogP contribution in [0.5, 0.6) is 0 Å². The maximum atomic E-state index is 12.9. The van der Waals surface area contributed by atoms with Gasteiger partial charge in [-0.05, 0) is 37.3 Å². The number of aryl methyl sites for hydroxylation is 1. The molecule has 0 bridgehead atoms. The molecular weight excluding hydrogens is 354 g/mol. The average molecular weight is 371 g/mol. The van der Waals surface area contributed by atoms with E-state index in [1.807, 2.05) is 53.5 Å². The van der Waals surface area contributed by atoms with Crippen molar-refractivity contribution >= 4 is 16.6 Å².